The van der Waals surface area contributed by atoms with Crippen LogP contribution < -0.4 is 5.32 Å². The number of hydrogen-bond donors (Lipinski definition) is 1. The summed E-state index contributed by atoms with van der Waals surface area (Å²) in [6, 6.07) is 2.55. The van der Waals surface area contributed by atoms with Gasteiger partial charge in [-0.05, 0) is 36.8 Å². The van der Waals surface area contributed by atoms with Crippen LogP contribution in [0.2, 0.25) is 0 Å². The largest absolute Gasteiger partial charge is 0.311 e. The van der Waals surface area contributed by atoms with E-state index in [2.05, 4.69) is 62.8 Å². The second-order valence-corrected chi connectivity index (χ2v) is 6.26. The van der Waals surface area contributed by atoms with Crippen molar-refractivity contribution in [2.75, 3.05) is 7.05 Å². The molecular weight excluding hydrogens is 210 g/mol. The van der Waals surface area contributed by atoms with Gasteiger partial charge in [0.1, 0.15) is 0 Å². The molecule has 1 heterocycles. The summed E-state index contributed by atoms with van der Waals surface area (Å²) in [4.78, 5) is 0. The van der Waals surface area contributed by atoms with Crippen molar-refractivity contribution >= 4 is 0 Å². The molecule has 1 aliphatic carbocycles. The summed E-state index contributed by atoms with van der Waals surface area (Å²) in [5.74, 6) is 0.669. The van der Waals surface area contributed by atoms with E-state index in [4.69, 9.17) is 0 Å². The number of nitrogens with one attached hydrogen (secondary N) is 1. The first kappa shape index (κ1) is 12.6. The van der Waals surface area contributed by atoms with Gasteiger partial charge < -0.3 is 5.32 Å². The molecule has 1 atom stereocenters. The van der Waals surface area contributed by atoms with Gasteiger partial charge in [-0.3, -0.25) is 4.68 Å². The van der Waals surface area contributed by atoms with Crippen molar-refractivity contribution in [3.63, 3.8) is 0 Å². The van der Waals surface area contributed by atoms with Gasteiger partial charge >= 0.3 is 0 Å². The van der Waals surface area contributed by atoms with Crippen molar-refractivity contribution in [3.8, 4) is 0 Å². The van der Waals surface area contributed by atoms with Gasteiger partial charge in [0.2, 0.25) is 0 Å². The van der Waals surface area contributed by atoms with Crippen LogP contribution in [0.4, 0.5) is 0 Å². The van der Waals surface area contributed by atoms with E-state index in [1.165, 1.54) is 5.69 Å². The molecule has 1 aliphatic rings. The minimum Gasteiger partial charge on any atom is -0.311 e. The van der Waals surface area contributed by atoms with Crippen molar-refractivity contribution in [2.45, 2.75) is 47.2 Å². The predicted molar refractivity (Wildman–Crippen MR) is 70.8 cm³/mol. The Morgan fingerprint density at radius 2 is 1.94 bits per heavy atom. The van der Waals surface area contributed by atoms with Crippen LogP contribution in [0.1, 0.15) is 46.4 Å². The SMILES string of the molecule is CCn1nccc1C(NC)C1C(C)(C)C1(C)C. The van der Waals surface area contributed by atoms with E-state index in [1.54, 1.807) is 0 Å². The lowest BCUT2D eigenvalue weighted by Crippen LogP contribution is -2.24. The maximum Gasteiger partial charge on any atom is 0.0556 e. The Morgan fingerprint density at radius 3 is 2.35 bits per heavy atom. The van der Waals surface area contributed by atoms with Gasteiger partial charge in [0.15, 0.2) is 0 Å². The summed E-state index contributed by atoms with van der Waals surface area (Å²) in [6.07, 6.45) is 1.91. The lowest BCUT2D eigenvalue weighted by atomic mass is 10.0. The summed E-state index contributed by atoms with van der Waals surface area (Å²) in [5.41, 5.74) is 2.10. The second-order valence-electron chi connectivity index (χ2n) is 6.26. The fourth-order valence-corrected chi connectivity index (χ4v) is 3.44. The van der Waals surface area contributed by atoms with E-state index in [9.17, 15) is 0 Å². The number of rotatable bonds is 4. The summed E-state index contributed by atoms with van der Waals surface area (Å²) >= 11 is 0. The molecule has 1 aromatic rings. The average molecular weight is 235 g/mol. The highest BCUT2D eigenvalue weighted by Gasteiger charge is 2.67. The summed E-state index contributed by atoms with van der Waals surface area (Å²) in [7, 11) is 2.06. The van der Waals surface area contributed by atoms with Gasteiger partial charge in [-0.15, -0.1) is 0 Å². The third-order valence-corrected chi connectivity index (χ3v) is 5.14. The van der Waals surface area contributed by atoms with Gasteiger partial charge in [-0.2, -0.15) is 5.10 Å². The molecule has 96 valence electrons. The van der Waals surface area contributed by atoms with Gasteiger partial charge in [0.05, 0.1) is 11.7 Å². The molecule has 0 radical (unpaired) electrons. The van der Waals surface area contributed by atoms with Gasteiger partial charge in [-0.1, -0.05) is 27.7 Å². The molecule has 3 nitrogen and oxygen atoms in total. The summed E-state index contributed by atoms with van der Waals surface area (Å²) in [5, 5.41) is 7.88. The molecule has 0 aliphatic heterocycles. The third-order valence-electron chi connectivity index (χ3n) is 5.14. The van der Waals surface area contributed by atoms with E-state index < -0.39 is 0 Å². The summed E-state index contributed by atoms with van der Waals surface area (Å²) < 4.78 is 2.10. The topological polar surface area (TPSA) is 29.9 Å². The minimum absolute atomic E-state index is 0.392. The maximum atomic E-state index is 4.39. The van der Waals surface area contributed by atoms with Gasteiger partial charge in [0.25, 0.3) is 0 Å². The van der Waals surface area contributed by atoms with Crippen molar-refractivity contribution in [3.05, 3.63) is 18.0 Å². The van der Waals surface area contributed by atoms with Crippen LogP contribution in [-0.2, 0) is 6.54 Å². The van der Waals surface area contributed by atoms with Gasteiger partial charge in [-0.25, -0.2) is 0 Å². The van der Waals surface area contributed by atoms with Crippen LogP contribution >= 0.6 is 0 Å². The molecule has 2 rings (SSSR count). The summed E-state index contributed by atoms with van der Waals surface area (Å²) in [6.45, 7) is 12.6. The molecule has 0 spiro atoms. The molecule has 0 saturated heterocycles. The first-order chi connectivity index (χ1) is 7.87. The molecule has 17 heavy (non-hydrogen) atoms. The first-order valence-electron chi connectivity index (χ1n) is 6.57. The third kappa shape index (κ3) is 1.63. The first-order valence-corrected chi connectivity index (χ1v) is 6.57. The Kier molecular flexibility index (Phi) is 2.85. The monoisotopic (exact) mass is 235 g/mol. The highest BCUT2D eigenvalue weighted by molar-refractivity contribution is 5.22. The Labute approximate surface area is 105 Å². The molecule has 0 bridgehead atoms. The highest BCUT2D eigenvalue weighted by Crippen LogP contribution is 2.72. The Bertz CT molecular complexity index is 389. The van der Waals surface area contributed by atoms with Crippen molar-refractivity contribution in [2.24, 2.45) is 16.7 Å². The molecular formula is C14H25N3. The Balaban J connectivity index is 2.31. The highest BCUT2D eigenvalue weighted by atomic mass is 15.3. The predicted octanol–water partition coefficient (Wildman–Crippen LogP) is 2.85. The lowest BCUT2D eigenvalue weighted by Gasteiger charge is -2.19. The fourth-order valence-electron chi connectivity index (χ4n) is 3.44. The minimum atomic E-state index is 0.392. The van der Waals surface area contributed by atoms with Crippen LogP contribution in [0.25, 0.3) is 0 Å². The quantitative estimate of drug-likeness (QED) is 0.869. The number of aryl methyl sites for hydroxylation is 1. The normalized spacial score (nSPS) is 23.6. The second kappa shape index (κ2) is 3.84. The molecule has 1 saturated carbocycles. The zero-order valence-corrected chi connectivity index (χ0v) is 11.9. The molecule has 1 N–H and O–H groups in total. The standard InChI is InChI=1S/C14H25N3/c1-7-17-10(8-9-16-17)11(15-6)12-13(2,3)14(12,4)5/h8-9,11-12,15H,7H2,1-6H3. The fraction of sp³-hybridized carbons (Fsp3) is 0.786. The van der Waals surface area contributed by atoms with Crippen LogP contribution in [0, 0.1) is 16.7 Å². The van der Waals surface area contributed by atoms with Crippen molar-refractivity contribution in [1.29, 1.82) is 0 Å². The average Bonchev–Trinajstić information content (AvgIpc) is 2.65. The van der Waals surface area contributed by atoms with E-state index in [0.29, 0.717) is 22.8 Å². The number of aromatic nitrogens is 2. The van der Waals surface area contributed by atoms with Crippen LogP contribution in [-0.4, -0.2) is 16.8 Å². The maximum absolute atomic E-state index is 4.39. The van der Waals surface area contributed by atoms with Crippen molar-refractivity contribution < 1.29 is 0 Å². The molecule has 1 fully saturated rings. The number of hydrogen-bond acceptors (Lipinski definition) is 2. The molecule has 0 amide bonds. The van der Waals surface area contributed by atoms with Gasteiger partial charge in [0, 0.05) is 12.7 Å². The lowest BCUT2D eigenvalue weighted by molar-refractivity contribution is 0.407. The van der Waals surface area contributed by atoms with E-state index in [0.717, 1.165) is 6.54 Å². The molecule has 3 heteroatoms. The Morgan fingerprint density at radius 1 is 1.35 bits per heavy atom. The van der Waals surface area contributed by atoms with E-state index in [1.807, 2.05) is 6.20 Å². The zero-order valence-electron chi connectivity index (χ0n) is 11.9. The van der Waals surface area contributed by atoms with Crippen LogP contribution in [0.5, 0.6) is 0 Å². The van der Waals surface area contributed by atoms with E-state index >= 15 is 0 Å². The smallest absolute Gasteiger partial charge is 0.0556 e. The van der Waals surface area contributed by atoms with Crippen LogP contribution in [0.15, 0.2) is 12.3 Å². The van der Waals surface area contributed by atoms with E-state index in [-0.39, 0.29) is 0 Å². The zero-order chi connectivity index (χ0) is 12.8. The molecule has 0 aromatic carbocycles. The number of nitrogens with zero attached hydrogens (tertiary/aromatic N) is 2. The Hall–Kier alpha value is -0.830. The van der Waals surface area contributed by atoms with Crippen LogP contribution in [0.3, 0.4) is 0 Å². The molecule has 1 aromatic heterocycles. The van der Waals surface area contributed by atoms with Crippen molar-refractivity contribution in [1.82, 2.24) is 15.1 Å². The molecule has 1 unspecified atom stereocenters.